The number of benzene rings is 1. The van der Waals surface area contributed by atoms with E-state index in [9.17, 15) is 0 Å². The summed E-state index contributed by atoms with van der Waals surface area (Å²) in [7, 11) is 0. The Morgan fingerprint density at radius 1 is 1.35 bits per heavy atom. The number of hydrogen-bond donors (Lipinski definition) is 2. The van der Waals surface area contributed by atoms with Crippen LogP contribution in [0.5, 0.6) is 0 Å². The minimum absolute atomic E-state index is 0.447. The molecule has 0 bridgehead atoms. The summed E-state index contributed by atoms with van der Waals surface area (Å²) in [5.41, 5.74) is 3.76. The molecule has 2 N–H and O–H groups in total. The van der Waals surface area contributed by atoms with E-state index in [-0.39, 0.29) is 0 Å². The molecule has 1 unspecified atom stereocenters. The quantitative estimate of drug-likeness (QED) is 0.617. The summed E-state index contributed by atoms with van der Waals surface area (Å²) in [6.45, 7) is 0. The molecule has 3 aromatic rings. The summed E-state index contributed by atoms with van der Waals surface area (Å²) >= 11 is 4.37. The second-order valence-electron chi connectivity index (χ2n) is 5.19. The van der Waals surface area contributed by atoms with Crippen molar-refractivity contribution in [1.82, 2.24) is 10.2 Å². The summed E-state index contributed by atoms with van der Waals surface area (Å²) in [6.07, 6.45) is 5.60. The van der Waals surface area contributed by atoms with E-state index in [2.05, 4.69) is 62.4 Å². The molecular weight excluding hydrogens is 381 g/mol. The number of anilines is 1. The summed E-state index contributed by atoms with van der Waals surface area (Å²) in [5, 5.41) is 11.9. The first-order valence-corrected chi connectivity index (χ1v) is 8.67. The van der Waals surface area contributed by atoms with Gasteiger partial charge in [-0.2, -0.15) is 5.10 Å². The minimum Gasteiger partial charge on any atom is -0.378 e. The number of aromatic nitrogens is 2. The molecule has 0 aliphatic heterocycles. The van der Waals surface area contributed by atoms with Gasteiger partial charge in [0.1, 0.15) is 0 Å². The molecule has 1 aromatic carbocycles. The Bertz CT molecular complexity index is 761. The molecule has 2 aromatic heterocycles. The van der Waals surface area contributed by atoms with E-state index in [1.54, 1.807) is 4.88 Å². The van der Waals surface area contributed by atoms with Crippen molar-refractivity contribution < 1.29 is 0 Å². The fourth-order valence-electron chi connectivity index (χ4n) is 2.90. The van der Waals surface area contributed by atoms with Gasteiger partial charge in [-0.15, -0.1) is 11.3 Å². The topological polar surface area (TPSA) is 40.7 Å². The van der Waals surface area contributed by atoms with E-state index in [1.807, 2.05) is 17.5 Å². The summed E-state index contributed by atoms with van der Waals surface area (Å²) in [6, 6.07) is 9.18. The fraction of sp³-hybridized carbons (Fsp3) is 0.267. The van der Waals surface area contributed by atoms with Crippen LogP contribution in [0.2, 0.25) is 0 Å². The molecule has 0 saturated carbocycles. The Morgan fingerprint density at radius 2 is 2.30 bits per heavy atom. The van der Waals surface area contributed by atoms with Gasteiger partial charge < -0.3 is 5.32 Å². The highest BCUT2D eigenvalue weighted by molar-refractivity contribution is 14.1. The van der Waals surface area contributed by atoms with Crippen molar-refractivity contribution in [1.29, 1.82) is 0 Å². The molecule has 5 heteroatoms. The molecule has 0 radical (unpaired) electrons. The number of rotatable bonds is 2. The van der Waals surface area contributed by atoms with Crippen LogP contribution in [-0.2, 0) is 6.42 Å². The van der Waals surface area contributed by atoms with Crippen molar-refractivity contribution in [2.24, 2.45) is 0 Å². The number of nitrogens with one attached hydrogen (secondary N) is 2. The SMILES string of the molecule is Ic1cc2c(s1)CCCC2Nc1ccc2[nH]ncc2c1. The standard InChI is InChI=1S/C15H14IN3S/c16-15-7-11-13(2-1-3-14(11)20-15)18-10-4-5-12-9(6-10)8-17-19-12/h4-8,13,18H,1-3H2,(H,17,19). The Hall–Kier alpha value is -1.08. The van der Waals surface area contributed by atoms with Crippen LogP contribution in [0.4, 0.5) is 5.69 Å². The Balaban J connectivity index is 1.65. The van der Waals surface area contributed by atoms with Gasteiger partial charge in [0.05, 0.1) is 20.6 Å². The average Bonchev–Trinajstić information content (AvgIpc) is 3.04. The highest BCUT2D eigenvalue weighted by Gasteiger charge is 2.22. The number of H-pyrrole nitrogens is 1. The van der Waals surface area contributed by atoms with Gasteiger partial charge in [0.25, 0.3) is 0 Å². The maximum atomic E-state index is 4.08. The number of thiophene rings is 1. The number of aryl methyl sites for hydroxylation is 1. The number of aromatic amines is 1. The zero-order valence-electron chi connectivity index (χ0n) is 10.8. The zero-order chi connectivity index (χ0) is 13.5. The second kappa shape index (κ2) is 5.04. The lowest BCUT2D eigenvalue weighted by atomic mass is 9.94. The minimum atomic E-state index is 0.447. The molecule has 0 amide bonds. The van der Waals surface area contributed by atoms with E-state index in [1.165, 1.54) is 33.4 Å². The van der Waals surface area contributed by atoms with E-state index in [0.717, 1.165) is 10.9 Å². The van der Waals surface area contributed by atoms with Gasteiger partial charge in [-0.1, -0.05) is 0 Å². The maximum absolute atomic E-state index is 4.08. The molecule has 102 valence electrons. The molecule has 1 aliphatic rings. The Labute approximate surface area is 134 Å². The lowest BCUT2D eigenvalue weighted by molar-refractivity contribution is 0.609. The van der Waals surface area contributed by atoms with E-state index < -0.39 is 0 Å². The third-order valence-corrected chi connectivity index (χ3v) is 5.84. The second-order valence-corrected chi connectivity index (χ2v) is 8.22. The van der Waals surface area contributed by atoms with Gasteiger partial charge in [-0.05, 0) is 71.7 Å². The van der Waals surface area contributed by atoms with Crippen molar-refractivity contribution in [2.45, 2.75) is 25.3 Å². The lowest BCUT2D eigenvalue weighted by Gasteiger charge is -2.24. The Kier molecular flexibility index (Phi) is 3.18. The number of nitrogens with zero attached hydrogens (tertiary/aromatic N) is 1. The molecule has 0 saturated heterocycles. The predicted molar refractivity (Wildman–Crippen MR) is 92.4 cm³/mol. The zero-order valence-corrected chi connectivity index (χ0v) is 13.8. The van der Waals surface area contributed by atoms with Crippen molar-refractivity contribution >= 4 is 50.5 Å². The third-order valence-electron chi connectivity index (χ3n) is 3.86. The fourth-order valence-corrected chi connectivity index (χ4v) is 5.02. The van der Waals surface area contributed by atoms with Gasteiger partial charge in [0.15, 0.2) is 0 Å². The molecule has 20 heavy (non-hydrogen) atoms. The van der Waals surface area contributed by atoms with Crippen molar-refractivity contribution in [2.75, 3.05) is 5.32 Å². The number of hydrogen-bond acceptors (Lipinski definition) is 3. The molecule has 1 aliphatic carbocycles. The molecule has 2 heterocycles. The summed E-state index contributed by atoms with van der Waals surface area (Å²) in [5.74, 6) is 0. The van der Waals surface area contributed by atoms with E-state index in [0.29, 0.717) is 6.04 Å². The largest absolute Gasteiger partial charge is 0.378 e. The first-order chi connectivity index (χ1) is 9.79. The lowest BCUT2D eigenvalue weighted by Crippen LogP contribution is -2.15. The van der Waals surface area contributed by atoms with Crippen LogP contribution in [0.15, 0.2) is 30.5 Å². The Morgan fingerprint density at radius 3 is 3.25 bits per heavy atom. The van der Waals surface area contributed by atoms with Crippen LogP contribution in [0, 0.1) is 2.88 Å². The van der Waals surface area contributed by atoms with Crippen molar-refractivity contribution in [3.63, 3.8) is 0 Å². The molecule has 4 rings (SSSR count). The van der Waals surface area contributed by atoms with Crippen LogP contribution in [-0.4, -0.2) is 10.2 Å². The smallest absolute Gasteiger partial charge is 0.0660 e. The molecule has 3 nitrogen and oxygen atoms in total. The summed E-state index contributed by atoms with van der Waals surface area (Å²) in [4.78, 5) is 1.56. The van der Waals surface area contributed by atoms with Crippen LogP contribution < -0.4 is 5.32 Å². The average molecular weight is 395 g/mol. The normalized spacial score (nSPS) is 18.1. The maximum Gasteiger partial charge on any atom is 0.0660 e. The van der Waals surface area contributed by atoms with E-state index in [4.69, 9.17) is 0 Å². The first kappa shape index (κ1) is 12.6. The van der Waals surface area contributed by atoms with Gasteiger partial charge in [0.2, 0.25) is 0 Å². The number of fused-ring (bicyclic) bond motifs is 2. The van der Waals surface area contributed by atoms with Crippen molar-refractivity contribution in [3.8, 4) is 0 Å². The predicted octanol–water partition coefficient (Wildman–Crippen LogP) is 4.72. The molecule has 0 spiro atoms. The number of halogens is 1. The molecule has 1 atom stereocenters. The highest BCUT2D eigenvalue weighted by Crippen LogP contribution is 2.38. The van der Waals surface area contributed by atoms with Crippen LogP contribution >= 0.6 is 33.9 Å². The van der Waals surface area contributed by atoms with Crippen molar-refractivity contribution in [3.05, 3.63) is 43.8 Å². The van der Waals surface area contributed by atoms with Crippen LogP contribution in [0.3, 0.4) is 0 Å². The highest BCUT2D eigenvalue weighted by atomic mass is 127. The van der Waals surface area contributed by atoms with Crippen LogP contribution in [0.1, 0.15) is 29.3 Å². The third kappa shape index (κ3) is 2.22. The van der Waals surface area contributed by atoms with Gasteiger partial charge in [0, 0.05) is 16.0 Å². The monoisotopic (exact) mass is 395 g/mol. The summed E-state index contributed by atoms with van der Waals surface area (Å²) < 4.78 is 1.39. The molecule has 0 fully saturated rings. The van der Waals surface area contributed by atoms with Gasteiger partial charge in [-0.3, -0.25) is 5.10 Å². The van der Waals surface area contributed by atoms with Crippen LogP contribution in [0.25, 0.3) is 10.9 Å². The van der Waals surface area contributed by atoms with Gasteiger partial charge in [-0.25, -0.2) is 0 Å². The van der Waals surface area contributed by atoms with Gasteiger partial charge >= 0.3 is 0 Å². The molecular formula is C15H14IN3S. The first-order valence-electron chi connectivity index (χ1n) is 6.77. The van der Waals surface area contributed by atoms with E-state index >= 15 is 0 Å².